The normalized spacial score (nSPS) is 11.3. The van der Waals surface area contributed by atoms with Crippen LogP contribution in [0.3, 0.4) is 0 Å². The number of anilines is 2. The number of hydrogen-bond donors (Lipinski definition) is 1. The third-order valence-corrected chi connectivity index (χ3v) is 6.90. The van der Waals surface area contributed by atoms with Gasteiger partial charge in [-0.15, -0.1) is 0 Å². The molecule has 0 aliphatic heterocycles. The fourth-order valence-corrected chi connectivity index (χ4v) is 4.76. The second-order valence-corrected chi connectivity index (χ2v) is 9.68. The van der Waals surface area contributed by atoms with Gasteiger partial charge in [0.15, 0.2) is 0 Å². The minimum Gasteiger partial charge on any atom is -0.497 e. The van der Waals surface area contributed by atoms with Crippen molar-refractivity contribution in [2.24, 2.45) is 0 Å². The molecule has 0 unspecified atom stereocenters. The number of ether oxygens (including phenoxy) is 1. The van der Waals surface area contributed by atoms with Crippen LogP contribution < -0.4 is 14.4 Å². The average Bonchev–Trinajstić information content (AvgIpc) is 2.78. The topological polar surface area (TPSA) is 75.7 Å². The highest BCUT2D eigenvalue weighted by Gasteiger charge is 2.27. The Balaban J connectivity index is 1.95. The maximum atomic E-state index is 13.5. The van der Waals surface area contributed by atoms with Gasteiger partial charge in [0.05, 0.1) is 17.7 Å². The summed E-state index contributed by atoms with van der Waals surface area (Å²) in [6.45, 7) is 5.60. The van der Waals surface area contributed by atoms with E-state index in [1.165, 1.54) is 7.11 Å². The molecule has 0 aliphatic rings. The van der Waals surface area contributed by atoms with Gasteiger partial charge in [0, 0.05) is 5.69 Å². The molecule has 0 fully saturated rings. The predicted molar refractivity (Wildman–Crippen MR) is 128 cm³/mol. The molecule has 3 aromatic carbocycles. The van der Waals surface area contributed by atoms with Crippen LogP contribution in [0.1, 0.15) is 30.9 Å². The lowest BCUT2D eigenvalue weighted by Gasteiger charge is -2.25. The molecule has 1 amide bonds. The maximum Gasteiger partial charge on any atom is 0.264 e. The van der Waals surface area contributed by atoms with E-state index >= 15 is 0 Å². The quantitative estimate of drug-likeness (QED) is 0.524. The Morgan fingerprint density at radius 1 is 0.969 bits per heavy atom. The van der Waals surface area contributed by atoms with Crippen molar-refractivity contribution in [2.45, 2.75) is 31.6 Å². The predicted octanol–water partition coefficient (Wildman–Crippen LogP) is 4.96. The zero-order valence-electron chi connectivity index (χ0n) is 18.7. The van der Waals surface area contributed by atoms with Crippen LogP contribution >= 0.6 is 0 Å². The van der Waals surface area contributed by atoms with Crippen LogP contribution in [-0.2, 0) is 14.8 Å². The fourth-order valence-electron chi connectivity index (χ4n) is 3.34. The molecule has 32 heavy (non-hydrogen) atoms. The van der Waals surface area contributed by atoms with E-state index in [2.05, 4.69) is 5.32 Å². The Hall–Kier alpha value is -3.32. The van der Waals surface area contributed by atoms with E-state index in [4.69, 9.17) is 4.74 Å². The fraction of sp³-hybridized carbons (Fsp3) is 0.240. The second kappa shape index (κ2) is 9.87. The highest BCUT2D eigenvalue weighted by molar-refractivity contribution is 7.92. The molecule has 1 N–H and O–H groups in total. The number of rotatable bonds is 8. The van der Waals surface area contributed by atoms with Crippen LogP contribution in [0.4, 0.5) is 11.4 Å². The number of aryl methyl sites for hydroxylation is 1. The number of carbonyl (C=O) groups is 1. The summed E-state index contributed by atoms with van der Waals surface area (Å²) >= 11 is 0. The summed E-state index contributed by atoms with van der Waals surface area (Å²) in [5, 5.41) is 2.88. The summed E-state index contributed by atoms with van der Waals surface area (Å²) in [6.07, 6.45) is 0. The second-order valence-electron chi connectivity index (χ2n) is 7.81. The first kappa shape index (κ1) is 23.3. The highest BCUT2D eigenvalue weighted by Crippen LogP contribution is 2.27. The first-order valence-corrected chi connectivity index (χ1v) is 11.8. The summed E-state index contributed by atoms with van der Waals surface area (Å²) in [6, 6.07) is 20.7. The SMILES string of the molecule is COc1ccc(N(CC(=O)Nc2ccccc2C(C)C)S(=O)(=O)c2ccc(C)cc2)cc1. The Bertz CT molecular complexity index is 1170. The minimum atomic E-state index is -3.97. The van der Waals surface area contributed by atoms with Crippen molar-refractivity contribution in [3.05, 3.63) is 83.9 Å². The first-order valence-electron chi connectivity index (χ1n) is 10.3. The number of nitrogens with one attached hydrogen (secondary N) is 1. The van der Waals surface area contributed by atoms with E-state index in [0.29, 0.717) is 17.1 Å². The molecule has 0 saturated heterocycles. The average molecular weight is 453 g/mol. The van der Waals surface area contributed by atoms with Crippen LogP contribution in [-0.4, -0.2) is 28.0 Å². The molecule has 3 rings (SSSR count). The summed E-state index contributed by atoms with van der Waals surface area (Å²) in [7, 11) is -2.44. The third-order valence-electron chi connectivity index (χ3n) is 5.11. The molecule has 0 saturated carbocycles. The van der Waals surface area contributed by atoms with Crippen molar-refractivity contribution in [3.8, 4) is 5.75 Å². The lowest BCUT2D eigenvalue weighted by atomic mass is 10.0. The number of benzene rings is 3. The number of nitrogens with zero attached hydrogens (tertiary/aromatic N) is 1. The van der Waals surface area contributed by atoms with Gasteiger partial charge in [0.2, 0.25) is 5.91 Å². The summed E-state index contributed by atoms with van der Waals surface area (Å²) in [4.78, 5) is 13.1. The van der Waals surface area contributed by atoms with Gasteiger partial charge in [-0.05, 0) is 60.9 Å². The van der Waals surface area contributed by atoms with E-state index in [-0.39, 0.29) is 17.4 Å². The zero-order chi connectivity index (χ0) is 23.3. The number of carbonyl (C=O) groups excluding carboxylic acids is 1. The lowest BCUT2D eigenvalue weighted by Crippen LogP contribution is -2.38. The van der Waals surface area contributed by atoms with Crippen molar-refractivity contribution in [1.82, 2.24) is 0 Å². The van der Waals surface area contributed by atoms with E-state index in [1.54, 1.807) is 48.5 Å². The molecule has 0 aliphatic carbocycles. The molecule has 0 aromatic heterocycles. The Labute approximate surface area is 189 Å². The lowest BCUT2D eigenvalue weighted by molar-refractivity contribution is -0.114. The summed E-state index contributed by atoms with van der Waals surface area (Å²) in [5.41, 5.74) is 2.98. The van der Waals surface area contributed by atoms with Gasteiger partial charge in [0.25, 0.3) is 10.0 Å². The van der Waals surface area contributed by atoms with E-state index in [9.17, 15) is 13.2 Å². The molecule has 0 heterocycles. The Morgan fingerprint density at radius 3 is 2.19 bits per heavy atom. The van der Waals surface area contributed by atoms with Crippen LogP contribution in [0.2, 0.25) is 0 Å². The van der Waals surface area contributed by atoms with Crippen LogP contribution in [0.5, 0.6) is 5.75 Å². The van der Waals surface area contributed by atoms with Crippen LogP contribution in [0.25, 0.3) is 0 Å². The number of methoxy groups -OCH3 is 1. The number of amides is 1. The van der Waals surface area contributed by atoms with Gasteiger partial charge < -0.3 is 10.1 Å². The van der Waals surface area contributed by atoms with Crippen molar-refractivity contribution < 1.29 is 17.9 Å². The van der Waals surface area contributed by atoms with Crippen LogP contribution in [0.15, 0.2) is 77.7 Å². The van der Waals surface area contributed by atoms with Crippen molar-refractivity contribution in [3.63, 3.8) is 0 Å². The molecule has 0 bridgehead atoms. The molecule has 0 radical (unpaired) electrons. The monoisotopic (exact) mass is 452 g/mol. The Kier molecular flexibility index (Phi) is 7.20. The highest BCUT2D eigenvalue weighted by atomic mass is 32.2. The van der Waals surface area contributed by atoms with Gasteiger partial charge in [-0.25, -0.2) is 8.42 Å². The van der Waals surface area contributed by atoms with Crippen molar-refractivity contribution >= 4 is 27.3 Å². The van der Waals surface area contributed by atoms with Crippen molar-refractivity contribution in [2.75, 3.05) is 23.3 Å². The minimum absolute atomic E-state index is 0.120. The smallest absolute Gasteiger partial charge is 0.264 e. The first-order chi connectivity index (χ1) is 15.2. The van der Waals surface area contributed by atoms with Gasteiger partial charge in [-0.2, -0.15) is 0 Å². The molecule has 168 valence electrons. The Morgan fingerprint density at radius 2 is 1.59 bits per heavy atom. The van der Waals surface area contributed by atoms with Crippen molar-refractivity contribution in [1.29, 1.82) is 0 Å². The number of sulfonamides is 1. The number of para-hydroxylation sites is 1. The molecule has 0 atom stereocenters. The zero-order valence-corrected chi connectivity index (χ0v) is 19.5. The van der Waals surface area contributed by atoms with Gasteiger partial charge in [-0.1, -0.05) is 49.7 Å². The van der Waals surface area contributed by atoms with Crippen LogP contribution in [0, 0.1) is 6.92 Å². The summed E-state index contributed by atoms with van der Waals surface area (Å²) < 4.78 is 33.2. The molecular weight excluding hydrogens is 424 g/mol. The summed E-state index contributed by atoms with van der Waals surface area (Å²) in [5.74, 6) is 0.377. The third kappa shape index (κ3) is 5.29. The molecule has 6 nitrogen and oxygen atoms in total. The standard InChI is InChI=1S/C25H28N2O4S/c1-18(2)23-7-5-6-8-24(23)26-25(28)17-27(20-11-13-21(31-4)14-12-20)32(29,30)22-15-9-19(3)10-16-22/h5-16,18H,17H2,1-4H3,(H,26,28). The van der Waals surface area contributed by atoms with Gasteiger partial charge in [0.1, 0.15) is 12.3 Å². The largest absolute Gasteiger partial charge is 0.497 e. The molecule has 0 spiro atoms. The van der Waals surface area contributed by atoms with E-state index in [1.807, 2.05) is 45.0 Å². The maximum absolute atomic E-state index is 13.5. The molecule has 7 heteroatoms. The van der Waals surface area contributed by atoms with E-state index < -0.39 is 15.9 Å². The van der Waals surface area contributed by atoms with E-state index in [0.717, 1.165) is 15.4 Å². The molecule has 3 aromatic rings. The molecular formula is C25H28N2O4S. The van der Waals surface area contributed by atoms with Gasteiger partial charge in [-0.3, -0.25) is 9.10 Å². The number of hydrogen-bond acceptors (Lipinski definition) is 4. The van der Waals surface area contributed by atoms with Gasteiger partial charge >= 0.3 is 0 Å².